The van der Waals surface area contributed by atoms with Gasteiger partial charge in [-0.3, -0.25) is 14.6 Å². The van der Waals surface area contributed by atoms with E-state index in [1.54, 1.807) is 30.3 Å². The number of pyridine rings is 1. The molecule has 0 saturated carbocycles. The summed E-state index contributed by atoms with van der Waals surface area (Å²) in [6.07, 6.45) is -0.613. The Morgan fingerprint density at radius 1 is 1.07 bits per heavy atom. The Labute approximate surface area is 164 Å². The fourth-order valence-corrected chi connectivity index (χ4v) is 3.49. The average molecular weight is 423 g/mol. The highest BCUT2D eigenvalue weighted by atomic mass is 79.9. The first-order valence-corrected chi connectivity index (χ1v) is 9.01. The van der Waals surface area contributed by atoms with E-state index < -0.39 is 23.6 Å². The van der Waals surface area contributed by atoms with E-state index in [2.05, 4.69) is 20.9 Å². The number of para-hydroxylation sites is 1. The molecule has 2 aromatic carbocycles. The summed E-state index contributed by atoms with van der Waals surface area (Å²) in [5.41, 5.74) is -0.518. The molecule has 1 N–H and O–H groups in total. The van der Waals surface area contributed by atoms with Crippen LogP contribution in [-0.4, -0.2) is 21.8 Å². The van der Waals surface area contributed by atoms with Crippen LogP contribution in [0.5, 0.6) is 0 Å². The number of nitrogens with zero attached hydrogens (tertiary/aromatic N) is 2. The second-order valence-corrected chi connectivity index (χ2v) is 7.06. The first kappa shape index (κ1) is 18.7. The van der Waals surface area contributed by atoms with Crippen molar-refractivity contribution in [2.24, 2.45) is 5.41 Å². The molecule has 0 saturated heterocycles. The summed E-state index contributed by atoms with van der Waals surface area (Å²) in [4.78, 5) is 29.9. The maximum atomic E-state index is 13.2. The lowest BCUT2D eigenvalue weighted by Gasteiger charge is -2.26. The number of fused-ring (bicyclic) bond motifs is 1. The Kier molecular flexibility index (Phi) is 5.33. The normalized spacial score (nSPS) is 12.9. The molecule has 3 rings (SSSR count). The lowest BCUT2D eigenvalue weighted by molar-refractivity contribution is -0.145. The largest absolute Gasteiger partial charge is 0.480 e. The minimum Gasteiger partial charge on any atom is -0.480 e. The zero-order chi connectivity index (χ0) is 19.4. The van der Waals surface area contributed by atoms with E-state index in [9.17, 15) is 20.0 Å². The van der Waals surface area contributed by atoms with Gasteiger partial charge in [-0.1, -0.05) is 58.4 Å². The van der Waals surface area contributed by atoms with Gasteiger partial charge in [0.1, 0.15) is 5.41 Å². The summed E-state index contributed by atoms with van der Waals surface area (Å²) in [7, 11) is 0. The molecular weight excluding hydrogens is 408 g/mol. The second-order valence-electron chi connectivity index (χ2n) is 6.20. The van der Waals surface area contributed by atoms with Crippen molar-refractivity contribution >= 4 is 38.6 Å². The smallest absolute Gasteiger partial charge is 0.319 e. The van der Waals surface area contributed by atoms with E-state index in [-0.39, 0.29) is 12.0 Å². The standard InChI is InChI=1S/C21H15BrN2O3/c22-17-7-3-2-6-16(17)19(25)21(11-12-23,20(26)27)13-15-10-9-14-5-1-4-8-18(14)24-15/h1-10H,11,13H2,(H,26,27). The maximum absolute atomic E-state index is 13.2. The third kappa shape index (κ3) is 3.60. The fraction of sp³-hybridized carbons (Fsp3) is 0.143. The molecule has 0 aliphatic heterocycles. The topological polar surface area (TPSA) is 91.1 Å². The van der Waals surface area contributed by atoms with E-state index >= 15 is 0 Å². The van der Waals surface area contributed by atoms with E-state index in [4.69, 9.17) is 0 Å². The molecule has 1 aromatic heterocycles. The summed E-state index contributed by atoms with van der Waals surface area (Å²) in [6, 6.07) is 19.5. The molecular formula is C21H15BrN2O3. The van der Waals surface area contributed by atoms with Crippen molar-refractivity contribution in [1.29, 1.82) is 5.26 Å². The van der Waals surface area contributed by atoms with Crippen molar-refractivity contribution in [2.45, 2.75) is 12.8 Å². The number of halogens is 1. The predicted molar refractivity (Wildman–Crippen MR) is 104 cm³/mol. The van der Waals surface area contributed by atoms with Gasteiger partial charge in [0.05, 0.1) is 18.0 Å². The highest BCUT2D eigenvalue weighted by Gasteiger charge is 2.47. The predicted octanol–water partition coefficient (Wildman–Crippen LogP) is 4.41. The lowest BCUT2D eigenvalue weighted by atomic mass is 9.74. The van der Waals surface area contributed by atoms with Crippen molar-refractivity contribution in [3.05, 3.63) is 76.4 Å². The van der Waals surface area contributed by atoms with Gasteiger partial charge in [-0.15, -0.1) is 0 Å². The third-order valence-corrected chi connectivity index (χ3v) is 5.17. The summed E-state index contributed by atoms with van der Waals surface area (Å²) in [5.74, 6) is -1.95. The Hall–Kier alpha value is -3.04. The van der Waals surface area contributed by atoms with Gasteiger partial charge in [0, 0.05) is 27.5 Å². The molecule has 3 aromatic rings. The van der Waals surface area contributed by atoms with Crippen molar-refractivity contribution in [2.75, 3.05) is 0 Å². The van der Waals surface area contributed by atoms with Crippen LogP contribution >= 0.6 is 15.9 Å². The minimum atomic E-state index is -1.91. The molecule has 6 heteroatoms. The number of hydrogen-bond donors (Lipinski definition) is 1. The van der Waals surface area contributed by atoms with Crippen LogP contribution in [0, 0.1) is 16.7 Å². The first-order valence-electron chi connectivity index (χ1n) is 8.22. The summed E-state index contributed by atoms with van der Waals surface area (Å²) in [5, 5.41) is 20.1. The summed E-state index contributed by atoms with van der Waals surface area (Å²) in [6.45, 7) is 0. The molecule has 0 radical (unpaired) electrons. The summed E-state index contributed by atoms with van der Waals surface area (Å²) >= 11 is 3.30. The number of Topliss-reactive ketones (excluding diaryl/α,β-unsaturated/α-hetero) is 1. The van der Waals surface area contributed by atoms with E-state index in [1.807, 2.05) is 36.4 Å². The van der Waals surface area contributed by atoms with Gasteiger partial charge in [-0.2, -0.15) is 5.26 Å². The molecule has 0 bridgehead atoms. The molecule has 0 spiro atoms. The zero-order valence-electron chi connectivity index (χ0n) is 14.2. The number of carboxylic acid groups (broad SMARTS) is 1. The molecule has 0 aliphatic rings. The highest BCUT2D eigenvalue weighted by Crippen LogP contribution is 2.34. The summed E-state index contributed by atoms with van der Waals surface area (Å²) < 4.78 is 0.491. The number of carbonyl (C=O) groups excluding carboxylic acids is 1. The van der Waals surface area contributed by atoms with Crippen LogP contribution in [0.25, 0.3) is 10.9 Å². The molecule has 1 atom stereocenters. The number of benzene rings is 2. The molecule has 27 heavy (non-hydrogen) atoms. The van der Waals surface area contributed by atoms with Gasteiger partial charge in [-0.05, 0) is 18.2 Å². The molecule has 5 nitrogen and oxygen atoms in total. The van der Waals surface area contributed by atoms with Gasteiger partial charge >= 0.3 is 5.97 Å². The van der Waals surface area contributed by atoms with Gasteiger partial charge in [0.25, 0.3) is 0 Å². The van der Waals surface area contributed by atoms with Gasteiger partial charge in [0.2, 0.25) is 0 Å². The van der Waals surface area contributed by atoms with E-state index in [0.717, 1.165) is 5.39 Å². The first-order chi connectivity index (χ1) is 13.0. The van der Waals surface area contributed by atoms with Crippen LogP contribution < -0.4 is 0 Å². The van der Waals surface area contributed by atoms with Crippen LogP contribution in [0.15, 0.2) is 65.1 Å². The molecule has 0 amide bonds. The minimum absolute atomic E-state index is 0.166. The van der Waals surface area contributed by atoms with Crippen LogP contribution in [0.2, 0.25) is 0 Å². The van der Waals surface area contributed by atoms with Crippen LogP contribution in [0.3, 0.4) is 0 Å². The van der Waals surface area contributed by atoms with Gasteiger partial charge < -0.3 is 5.11 Å². The van der Waals surface area contributed by atoms with Crippen LogP contribution in [-0.2, 0) is 11.2 Å². The van der Waals surface area contributed by atoms with Crippen molar-refractivity contribution in [3.8, 4) is 6.07 Å². The quantitative estimate of drug-likeness (QED) is 0.469. The Morgan fingerprint density at radius 3 is 2.48 bits per heavy atom. The monoisotopic (exact) mass is 422 g/mol. The maximum Gasteiger partial charge on any atom is 0.319 e. The number of nitriles is 1. The molecule has 0 aliphatic carbocycles. The highest BCUT2D eigenvalue weighted by molar-refractivity contribution is 9.10. The van der Waals surface area contributed by atoms with Crippen molar-refractivity contribution in [3.63, 3.8) is 0 Å². The number of rotatable bonds is 6. The number of aromatic nitrogens is 1. The Balaban J connectivity index is 2.09. The molecule has 0 fully saturated rings. The number of carbonyl (C=O) groups is 2. The van der Waals surface area contributed by atoms with Gasteiger partial charge in [-0.25, -0.2) is 0 Å². The lowest BCUT2D eigenvalue weighted by Crippen LogP contribution is -2.41. The second kappa shape index (κ2) is 7.68. The average Bonchev–Trinajstić information content (AvgIpc) is 2.67. The molecule has 1 heterocycles. The third-order valence-electron chi connectivity index (χ3n) is 4.48. The number of ketones is 1. The number of aliphatic carboxylic acids is 1. The number of hydrogen-bond acceptors (Lipinski definition) is 4. The zero-order valence-corrected chi connectivity index (χ0v) is 15.8. The Bertz CT molecular complexity index is 1070. The van der Waals surface area contributed by atoms with E-state index in [0.29, 0.717) is 15.7 Å². The van der Waals surface area contributed by atoms with E-state index in [1.165, 1.54) is 0 Å². The fourth-order valence-electron chi connectivity index (χ4n) is 3.03. The molecule has 134 valence electrons. The van der Waals surface area contributed by atoms with Gasteiger partial charge in [0.15, 0.2) is 5.78 Å². The van der Waals surface area contributed by atoms with Crippen molar-refractivity contribution < 1.29 is 14.7 Å². The van der Waals surface area contributed by atoms with Crippen LogP contribution in [0.1, 0.15) is 22.5 Å². The Morgan fingerprint density at radius 2 is 1.78 bits per heavy atom. The van der Waals surface area contributed by atoms with Crippen LogP contribution in [0.4, 0.5) is 0 Å². The number of carboxylic acids is 1. The molecule has 1 unspecified atom stereocenters. The van der Waals surface area contributed by atoms with Crippen molar-refractivity contribution in [1.82, 2.24) is 4.98 Å². The SMILES string of the molecule is N#CCC(Cc1ccc2ccccc2n1)(C(=O)O)C(=O)c1ccccc1Br.